The number of hydrogen-bond donors (Lipinski definition) is 2. The van der Waals surface area contributed by atoms with Gasteiger partial charge in [0.1, 0.15) is 17.3 Å². The zero-order valence-corrected chi connectivity index (χ0v) is 11.9. The summed E-state index contributed by atoms with van der Waals surface area (Å²) in [5, 5.41) is 6.02. The molecular weight excluding hydrogens is 278 g/mol. The van der Waals surface area contributed by atoms with E-state index in [1.54, 1.807) is 50.6 Å². The average Bonchev–Trinajstić information content (AvgIpc) is 2.49. The quantitative estimate of drug-likeness (QED) is 0.909. The van der Waals surface area contributed by atoms with E-state index in [9.17, 15) is 4.79 Å². The number of methoxy groups -OCH3 is 1. The van der Waals surface area contributed by atoms with Crippen LogP contribution in [0.25, 0.3) is 0 Å². The first kappa shape index (κ1) is 14.1. The number of anilines is 2. The maximum Gasteiger partial charge on any atom is 0.274 e. The summed E-state index contributed by atoms with van der Waals surface area (Å²) in [6.07, 6.45) is 0. The Morgan fingerprint density at radius 2 is 2.10 bits per heavy atom. The molecule has 104 valence electrons. The first-order valence-electron chi connectivity index (χ1n) is 5.93. The molecule has 1 heterocycles. The van der Waals surface area contributed by atoms with Crippen molar-refractivity contribution in [1.29, 1.82) is 0 Å². The van der Waals surface area contributed by atoms with Crippen LogP contribution in [0.2, 0.25) is 5.02 Å². The number of nitrogens with zero attached hydrogens (tertiary/aromatic N) is 1. The number of rotatable bonds is 4. The molecule has 0 aliphatic rings. The third kappa shape index (κ3) is 3.19. The van der Waals surface area contributed by atoms with Crippen molar-refractivity contribution in [2.75, 3.05) is 24.8 Å². The second-order valence-corrected chi connectivity index (χ2v) is 4.37. The zero-order valence-electron chi connectivity index (χ0n) is 11.1. The Hall–Kier alpha value is -2.27. The van der Waals surface area contributed by atoms with Crippen LogP contribution in [0.1, 0.15) is 10.5 Å². The Morgan fingerprint density at radius 3 is 2.80 bits per heavy atom. The Bertz CT molecular complexity index is 632. The molecule has 0 bridgehead atoms. The van der Waals surface area contributed by atoms with E-state index < -0.39 is 0 Å². The molecule has 2 N–H and O–H groups in total. The first-order chi connectivity index (χ1) is 9.63. The molecule has 1 amide bonds. The lowest BCUT2D eigenvalue weighted by atomic mass is 10.2. The van der Waals surface area contributed by atoms with E-state index in [1.165, 1.54) is 0 Å². The SMILES string of the molecule is CNc1cccc(C(=O)Nc2cc(OC)ccc2Cl)n1. The van der Waals surface area contributed by atoms with Crippen LogP contribution in [0.5, 0.6) is 5.75 Å². The molecular formula is C14H14ClN3O2. The largest absolute Gasteiger partial charge is 0.497 e. The fraction of sp³-hybridized carbons (Fsp3) is 0.143. The normalized spacial score (nSPS) is 9.95. The van der Waals surface area contributed by atoms with E-state index >= 15 is 0 Å². The van der Waals surface area contributed by atoms with Gasteiger partial charge in [0, 0.05) is 13.1 Å². The molecule has 0 aliphatic heterocycles. The number of benzene rings is 1. The Kier molecular flexibility index (Phi) is 4.42. The molecule has 1 aromatic carbocycles. The lowest BCUT2D eigenvalue weighted by Crippen LogP contribution is -2.14. The van der Waals surface area contributed by atoms with Crippen molar-refractivity contribution < 1.29 is 9.53 Å². The highest BCUT2D eigenvalue weighted by atomic mass is 35.5. The van der Waals surface area contributed by atoms with Crippen LogP contribution in [-0.4, -0.2) is 25.0 Å². The average molecular weight is 292 g/mol. The highest BCUT2D eigenvalue weighted by molar-refractivity contribution is 6.34. The standard InChI is InChI=1S/C14H14ClN3O2/c1-16-13-5-3-4-11(17-13)14(19)18-12-8-9(20-2)6-7-10(12)15/h3-8H,1-2H3,(H,16,17)(H,18,19). The topological polar surface area (TPSA) is 63.2 Å². The number of halogens is 1. The maximum absolute atomic E-state index is 12.1. The van der Waals surface area contributed by atoms with Gasteiger partial charge in [-0.1, -0.05) is 17.7 Å². The summed E-state index contributed by atoms with van der Waals surface area (Å²) in [7, 11) is 3.29. The van der Waals surface area contributed by atoms with E-state index in [2.05, 4.69) is 15.6 Å². The van der Waals surface area contributed by atoms with Gasteiger partial charge >= 0.3 is 0 Å². The third-order valence-corrected chi connectivity index (χ3v) is 2.99. The van der Waals surface area contributed by atoms with Gasteiger partial charge in [-0.05, 0) is 24.3 Å². The van der Waals surface area contributed by atoms with Crippen molar-refractivity contribution in [3.63, 3.8) is 0 Å². The summed E-state index contributed by atoms with van der Waals surface area (Å²) in [6.45, 7) is 0. The fourth-order valence-electron chi connectivity index (χ4n) is 1.61. The first-order valence-corrected chi connectivity index (χ1v) is 6.31. The number of amides is 1. The minimum Gasteiger partial charge on any atom is -0.497 e. The Morgan fingerprint density at radius 1 is 1.30 bits per heavy atom. The molecule has 1 aromatic heterocycles. The molecule has 6 heteroatoms. The number of aromatic nitrogens is 1. The van der Waals surface area contributed by atoms with E-state index in [-0.39, 0.29) is 5.91 Å². The monoisotopic (exact) mass is 291 g/mol. The molecule has 0 radical (unpaired) electrons. The summed E-state index contributed by atoms with van der Waals surface area (Å²) in [5.74, 6) is 0.897. The smallest absolute Gasteiger partial charge is 0.274 e. The van der Waals surface area contributed by atoms with E-state index in [0.29, 0.717) is 28.0 Å². The number of ether oxygens (including phenoxy) is 1. The molecule has 20 heavy (non-hydrogen) atoms. The Labute approximate surface area is 121 Å². The number of hydrogen-bond acceptors (Lipinski definition) is 4. The highest BCUT2D eigenvalue weighted by Crippen LogP contribution is 2.27. The van der Waals surface area contributed by atoms with Crippen molar-refractivity contribution >= 4 is 29.0 Å². The van der Waals surface area contributed by atoms with Crippen molar-refractivity contribution in [3.8, 4) is 5.75 Å². The van der Waals surface area contributed by atoms with Gasteiger partial charge in [-0.15, -0.1) is 0 Å². The number of nitrogens with one attached hydrogen (secondary N) is 2. The fourth-order valence-corrected chi connectivity index (χ4v) is 1.78. The summed E-state index contributed by atoms with van der Waals surface area (Å²) >= 11 is 6.04. The van der Waals surface area contributed by atoms with Gasteiger partial charge in [0.15, 0.2) is 0 Å². The van der Waals surface area contributed by atoms with Gasteiger partial charge in [0.05, 0.1) is 17.8 Å². The molecule has 0 unspecified atom stereocenters. The van der Waals surface area contributed by atoms with Crippen LogP contribution in [0.3, 0.4) is 0 Å². The zero-order chi connectivity index (χ0) is 14.5. The lowest BCUT2D eigenvalue weighted by Gasteiger charge is -2.09. The van der Waals surface area contributed by atoms with Gasteiger partial charge in [0.2, 0.25) is 0 Å². The second-order valence-electron chi connectivity index (χ2n) is 3.96. The van der Waals surface area contributed by atoms with Crippen LogP contribution in [0.15, 0.2) is 36.4 Å². The predicted octanol–water partition coefficient (Wildman–Crippen LogP) is 3.04. The van der Waals surface area contributed by atoms with Crippen LogP contribution >= 0.6 is 11.6 Å². The molecule has 0 saturated heterocycles. The van der Waals surface area contributed by atoms with E-state index in [1.807, 2.05) is 0 Å². The minimum atomic E-state index is -0.336. The van der Waals surface area contributed by atoms with Crippen LogP contribution in [0, 0.1) is 0 Å². The van der Waals surface area contributed by atoms with Gasteiger partial charge in [-0.2, -0.15) is 0 Å². The molecule has 0 fully saturated rings. The third-order valence-electron chi connectivity index (χ3n) is 2.66. The maximum atomic E-state index is 12.1. The van der Waals surface area contributed by atoms with Gasteiger partial charge in [-0.25, -0.2) is 4.98 Å². The van der Waals surface area contributed by atoms with E-state index in [4.69, 9.17) is 16.3 Å². The van der Waals surface area contributed by atoms with Crippen LogP contribution in [0.4, 0.5) is 11.5 Å². The van der Waals surface area contributed by atoms with Crippen molar-refractivity contribution in [2.45, 2.75) is 0 Å². The number of pyridine rings is 1. The Balaban J connectivity index is 2.22. The van der Waals surface area contributed by atoms with Crippen molar-refractivity contribution in [1.82, 2.24) is 4.98 Å². The number of carbonyl (C=O) groups excluding carboxylic acids is 1. The minimum absolute atomic E-state index is 0.302. The number of carbonyl (C=O) groups is 1. The van der Waals surface area contributed by atoms with Crippen LogP contribution in [-0.2, 0) is 0 Å². The summed E-state index contributed by atoms with van der Waals surface area (Å²) < 4.78 is 5.10. The van der Waals surface area contributed by atoms with Crippen molar-refractivity contribution in [2.24, 2.45) is 0 Å². The van der Waals surface area contributed by atoms with Gasteiger partial charge < -0.3 is 15.4 Å². The van der Waals surface area contributed by atoms with Crippen LogP contribution < -0.4 is 15.4 Å². The summed E-state index contributed by atoms with van der Waals surface area (Å²) in [5.41, 5.74) is 0.781. The molecule has 0 spiro atoms. The molecule has 0 saturated carbocycles. The summed E-state index contributed by atoms with van der Waals surface area (Å²) in [4.78, 5) is 16.3. The second kappa shape index (κ2) is 6.25. The van der Waals surface area contributed by atoms with Gasteiger partial charge in [0.25, 0.3) is 5.91 Å². The van der Waals surface area contributed by atoms with Gasteiger partial charge in [-0.3, -0.25) is 4.79 Å². The molecule has 2 rings (SSSR count). The molecule has 0 aliphatic carbocycles. The molecule has 5 nitrogen and oxygen atoms in total. The predicted molar refractivity (Wildman–Crippen MR) is 79.7 cm³/mol. The van der Waals surface area contributed by atoms with Crippen molar-refractivity contribution in [3.05, 3.63) is 47.1 Å². The molecule has 0 atom stereocenters. The van der Waals surface area contributed by atoms with E-state index in [0.717, 1.165) is 0 Å². The highest BCUT2D eigenvalue weighted by Gasteiger charge is 2.11. The lowest BCUT2D eigenvalue weighted by molar-refractivity contribution is 0.102. The summed E-state index contributed by atoms with van der Waals surface area (Å²) in [6, 6.07) is 10.2. The molecule has 2 aromatic rings.